The SMILES string of the molecule is O=C(NCCN1CCCC1)C1CSC(c2ccc(F)cc2)N1C(=O)c1ccccc1Cl. The molecule has 0 saturated carbocycles. The first-order valence-corrected chi connectivity index (χ1v) is 11.9. The Balaban J connectivity index is 1.54. The molecule has 0 bridgehead atoms. The summed E-state index contributed by atoms with van der Waals surface area (Å²) in [7, 11) is 0. The molecule has 31 heavy (non-hydrogen) atoms. The lowest BCUT2D eigenvalue weighted by atomic mass is 10.1. The number of halogens is 2. The van der Waals surface area contributed by atoms with Crippen LogP contribution in [-0.2, 0) is 4.79 Å². The van der Waals surface area contributed by atoms with Crippen LogP contribution in [0.25, 0.3) is 0 Å². The highest BCUT2D eigenvalue weighted by Crippen LogP contribution is 2.42. The Morgan fingerprint density at radius 2 is 1.81 bits per heavy atom. The van der Waals surface area contributed by atoms with E-state index in [9.17, 15) is 14.0 Å². The van der Waals surface area contributed by atoms with Gasteiger partial charge < -0.3 is 15.1 Å². The first-order valence-electron chi connectivity index (χ1n) is 10.5. The zero-order valence-corrected chi connectivity index (χ0v) is 18.7. The molecule has 0 aliphatic carbocycles. The molecule has 0 aromatic heterocycles. The third kappa shape index (κ3) is 5.05. The zero-order chi connectivity index (χ0) is 21.8. The highest BCUT2D eigenvalue weighted by Gasteiger charge is 2.43. The monoisotopic (exact) mass is 461 g/mol. The molecule has 5 nitrogen and oxygen atoms in total. The van der Waals surface area contributed by atoms with Crippen LogP contribution in [0.4, 0.5) is 4.39 Å². The topological polar surface area (TPSA) is 52.7 Å². The van der Waals surface area contributed by atoms with Crippen molar-refractivity contribution in [2.45, 2.75) is 24.3 Å². The van der Waals surface area contributed by atoms with Gasteiger partial charge in [0.15, 0.2) is 0 Å². The molecular weight excluding hydrogens is 437 g/mol. The van der Waals surface area contributed by atoms with E-state index < -0.39 is 11.4 Å². The van der Waals surface area contributed by atoms with E-state index in [1.54, 1.807) is 41.3 Å². The molecule has 164 valence electrons. The molecule has 2 aromatic carbocycles. The molecule has 1 N–H and O–H groups in total. The average Bonchev–Trinajstić information content (AvgIpc) is 3.44. The van der Waals surface area contributed by atoms with Gasteiger partial charge in [0, 0.05) is 18.8 Å². The van der Waals surface area contributed by atoms with Gasteiger partial charge in [-0.1, -0.05) is 35.9 Å². The Morgan fingerprint density at radius 3 is 2.52 bits per heavy atom. The molecule has 2 aliphatic rings. The second kappa shape index (κ2) is 10.0. The summed E-state index contributed by atoms with van der Waals surface area (Å²) in [4.78, 5) is 30.5. The number of nitrogens with one attached hydrogen (secondary N) is 1. The number of likely N-dealkylation sites (tertiary alicyclic amines) is 1. The normalized spacial score (nSPS) is 21.4. The first-order chi connectivity index (χ1) is 15.0. The molecule has 2 unspecified atom stereocenters. The predicted octanol–water partition coefficient (Wildman–Crippen LogP) is 3.95. The maximum Gasteiger partial charge on any atom is 0.257 e. The van der Waals surface area contributed by atoms with Crippen LogP contribution in [0.1, 0.15) is 34.1 Å². The van der Waals surface area contributed by atoms with Crippen LogP contribution in [0.3, 0.4) is 0 Å². The van der Waals surface area contributed by atoms with Gasteiger partial charge in [0.05, 0.1) is 10.6 Å². The number of carbonyl (C=O) groups is 2. The summed E-state index contributed by atoms with van der Waals surface area (Å²) >= 11 is 7.79. The number of carbonyl (C=O) groups excluding carboxylic acids is 2. The molecular formula is C23H25ClFN3O2S. The van der Waals surface area contributed by atoms with Gasteiger partial charge in [-0.25, -0.2) is 4.39 Å². The highest BCUT2D eigenvalue weighted by atomic mass is 35.5. The largest absolute Gasteiger partial charge is 0.353 e. The van der Waals surface area contributed by atoms with Crippen molar-refractivity contribution in [1.82, 2.24) is 15.1 Å². The number of hydrogen-bond donors (Lipinski definition) is 1. The summed E-state index contributed by atoms with van der Waals surface area (Å²) in [6.45, 7) is 3.50. The van der Waals surface area contributed by atoms with Gasteiger partial charge in [0.2, 0.25) is 5.91 Å². The van der Waals surface area contributed by atoms with Crippen molar-refractivity contribution in [1.29, 1.82) is 0 Å². The molecule has 0 spiro atoms. The zero-order valence-electron chi connectivity index (χ0n) is 17.1. The third-order valence-electron chi connectivity index (χ3n) is 5.72. The lowest BCUT2D eigenvalue weighted by Crippen LogP contribution is -2.49. The van der Waals surface area contributed by atoms with Crippen LogP contribution < -0.4 is 5.32 Å². The number of hydrogen-bond acceptors (Lipinski definition) is 4. The molecule has 2 aromatic rings. The predicted molar refractivity (Wildman–Crippen MR) is 122 cm³/mol. The molecule has 0 radical (unpaired) electrons. The van der Waals surface area contributed by atoms with E-state index in [4.69, 9.17) is 11.6 Å². The number of nitrogens with zero attached hydrogens (tertiary/aromatic N) is 2. The Labute approximate surface area is 190 Å². The van der Waals surface area contributed by atoms with E-state index in [0.717, 1.165) is 25.2 Å². The number of rotatable bonds is 6. The highest BCUT2D eigenvalue weighted by molar-refractivity contribution is 7.99. The van der Waals surface area contributed by atoms with Crippen LogP contribution in [0.5, 0.6) is 0 Å². The fourth-order valence-electron chi connectivity index (χ4n) is 4.08. The van der Waals surface area contributed by atoms with E-state index in [1.165, 1.54) is 36.7 Å². The molecule has 2 saturated heterocycles. The number of amides is 2. The first kappa shape index (κ1) is 22.1. The van der Waals surface area contributed by atoms with Crippen molar-refractivity contribution >= 4 is 35.2 Å². The Bertz CT molecular complexity index is 937. The van der Waals surface area contributed by atoms with E-state index in [0.29, 0.717) is 22.9 Å². The van der Waals surface area contributed by atoms with Gasteiger partial charge in [-0.05, 0) is 55.8 Å². The van der Waals surface area contributed by atoms with Crippen LogP contribution in [-0.4, -0.2) is 59.6 Å². The fourth-order valence-corrected chi connectivity index (χ4v) is 5.72. The van der Waals surface area contributed by atoms with Crippen molar-refractivity contribution in [3.05, 3.63) is 70.5 Å². The Morgan fingerprint density at radius 1 is 1.10 bits per heavy atom. The van der Waals surface area contributed by atoms with Crippen LogP contribution >= 0.6 is 23.4 Å². The molecule has 2 amide bonds. The summed E-state index contributed by atoms with van der Waals surface area (Å²) in [5, 5.41) is 2.96. The third-order valence-corrected chi connectivity index (χ3v) is 7.38. The minimum absolute atomic E-state index is 0.170. The average molecular weight is 462 g/mol. The van der Waals surface area contributed by atoms with Gasteiger partial charge in [-0.15, -0.1) is 11.8 Å². The van der Waals surface area contributed by atoms with Crippen LogP contribution in [0.15, 0.2) is 48.5 Å². The lowest BCUT2D eigenvalue weighted by Gasteiger charge is -2.29. The van der Waals surface area contributed by atoms with Crippen LogP contribution in [0, 0.1) is 5.82 Å². The second-order valence-electron chi connectivity index (χ2n) is 7.79. The molecule has 8 heteroatoms. The number of thioether (sulfide) groups is 1. The smallest absolute Gasteiger partial charge is 0.257 e. The summed E-state index contributed by atoms with van der Waals surface area (Å²) in [6, 6.07) is 12.3. The molecule has 2 aliphatic heterocycles. The summed E-state index contributed by atoms with van der Waals surface area (Å²) in [5.41, 5.74) is 1.13. The summed E-state index contributed by atoms with van der Waals surface area (Å²) in [5.74, 6) is -0.346. The van der Waals surface area contributed by atoms with Gasteiger partial charge in [-0.2, -0.15) is 0 Å². The van der Waals surface area contributed by atoms with Crippen LogP contribution in [0.2, 0.25) is 5.02 Å². The minimum atomic E-state index is -0.623. The van der Waals surface area contributed by atoms with Crippen molar-refractivity contribution in [3.63, 3.8) is 0 Å². The standard InChI is InChI=1S/C23H25ClFN3O2S/c24-19-6-2-1-5-18(19)22(30)28-20(21(29)26-11-14-27-12-3-4-13-27)15-31-23(28)16-7-9-17(25)10-8-16/h1-2,5-10,20,23H,3-4,11-15H2,(H,26,29). The van der Waals surface area contributed by atoms with Crippen molar-refractivity contribution in [2.24, 2.45) is 0 Å². The van der Waals surface area contributed by atoms with E-state index in [1.807, 2.05) is 0 Å². The van der Waals surface area contributed by atoms with Gasteiger partial charge in [0.1, 0.15) is 17.2 Å². The van der Waals surface area contributed by atoms with Gasteiger partial charge in [-0.3, -0.25) is 9.59 Å². The van der Waals surface area contributed by atoms with Gasteiger partial charge in [0.25, 0.3) is 5.91 Å². The molecule has 4 rings (SSSR count). The van der Waals surface area contributed by atoms with E-state index in [-0.39, 0.29) is 17.6 Å². The second-order valence-corrected chi connectivity index (χ2v) is 9.31. The fraction of sp³-hybridized carbons (Fsp3) is 0.391. The maximum absolute atomic E-state index is 13.5. The van der Waals surface area contributed by atoms with E-state index >= 15 is 0 Å². The molecule has 2 fully saturated rings. The maximum atomic E-state index is 13.5. The van der Waals surface area contributed by atoms with Crippen molar-refractivity contribution in [2.75, 3.05) is 31.9 Å². The molecule has 2 atom stereocenters. The number of benzene rings is 2. The summed E-state index contributed by atoms with van der Waals surface area (Å²) < 4.78 is 13.4. The Hall–Kier alpha value is -2.09. The lowest BCUT2D eigenvalue weighted by molar-refractivity contribution is -0.124. The van der Waals surface area contributed by atoms with Gasteiger partial charge >= 0.3 is 0 Å². The van der Waals surface area contributed by atoms with E-state index in [2.05, 4.69) is 10.2 Å². The van der Waals surface area contributed by atoms with Crippen molar-refractivity contribution < 1.29 is 14.0 Å². The quantitative estimate of drug-likeness (QED) is 0.707. The summed E-state index contributed by atoms with van der Waals surface area (Å²) in [6.07, 6.45) is 2.40. The minimum Gasteiger partial charge on any atom is -0.353 e. The molecule has 2 heterocycles. The van der Waals surface area contributed by atoms with Crippen molar-refractivity contribution in [3.8, 4) is 0 Å². The Kier molecular flexibility index (Phi) is 7.15.